The van der Waals surface area contributed by atoms with Crippen LogP contribution in [-0.4, -0.2) is 27.4 Å². The summed E-state index contributed by atoms with van der Waals surface area (Å²) in [7, 11) is 0. The molecule has 9 heteroatoms. The van der Waals surface area contributed by atoms with E-state index in [1.165, 1.54) is 137 Å². The molecule has 0 aliphatic rings. The van der Waals surface area contributed by atoms with Crippen LogP contribution in [0.4, 0.5) is 0 Å². The lowest BCUT2D eigenvalue weighted by molar-refractivity contribution is 0.672. The van der Waals surface area contributed by atoms with Crippen molar-refractivity contribution in [3.63, 3.8) is 0 Å². The number of rotatable bonds is 9. The first-order valence-electron chi connectivity index (χ1n) is 48.9. The summed E-state index contributed by atoms with van der Waals surface area (Å²) < 4.78 is 34.5. The topological polar surface area (TPSA) is 69.0 Å². The van der Waals surface area contributed by atoms with E-state index in [2.05, 4.69) is 513 Å². The maximum absolute atomic E-state index is 6.82. The number of nitrogens with zero attached hydrogens (tertiary/aromatic N) is 6. The second kappa shape index (κ2) is 31.7. The maximum Gasteiger partial charge on any atom is 0.145 e. The Bertz CT molecular complexity index is 10900. The zero-order chi connectivity index (χ0) is 93.6. The summed E-state index contributed by atoms with van der Waals surface area (Å²) in [6.07, 6.45) is 0. The van der Waals surface area contributed by atoms with Crippen molar-refractivity contribution >= 4 is 218 Å². The van der Waals surface area contributed by atoms with Gasteiger partial charge in [-0.15, -0.1) is 0 Å². The van der Waals surface area contributed by atoms with E-state index in [-0.39, 0.29) is 0 Å². The van der Waals surface area contributed by atoms with Crippen molar-refractivity contribution in [2.45, 2.75) is 0 Å². The van der Waals surface area contributed by atoms with Crippen LogP contribution in [0.5, 0.6) is 0 Å². The molecule has 0 radical (unpaired) electrons. The lowest BCUT2D eigenvalue weighted by Gasteiger charge is -2.11. The van der Waals surface area contributed by atoms with Crippen molar-refractivity contribution in [3.05, 3.63) is 497 Å². The van der Waals surface area contributed by atoms with Gasteiger partial charge in [0.1, 0.15) is 33.5 Å². The zero-order valence-electron chi connectivity index (χ0n) is 77.3. The molecule has 0 fully saturated rings. The Morgan fingerprint density at radius 2 is 0.406 bits per heavy atom. The molecule has 23 aromatic carbocycles. The van der Waals surface area contributed by atoms with Crippen molar-refractivity contribution < 1.29 is 13.3 Å². The Kier molecular flexibility index (Phi) is 17.7. The van der Waals surface area contributed by atoms with Gasteiger partial charge in [0.15, 0.2) is 0 Å². The van der Waals surface area contributed by atoms with Gasteiger partial charge in [0.05, 0.1) is 82.4 Å². The number of para-hydroxylation sites is 8. The minimum atomic E-state index is 0.897. The smallest absolute Gasteiger partial charge is 0.145 e. The molecule has 9 heterocycles. The van der Waals surface area contributed by atoms with E-state index in [9.17, 15) is 0 Å². The lowest BCUT2D eigenvalue weighted by atomic mass is 10.0. The van der Waals surface area contributed by atoms with E-state index in [0.29, 0.717) is 0 Å². The minimum absolute atomic E-state index is 0.897. The summed E-state index contributed by atoms with van der Waals surface area (Å²) >= 11 is 0. The van der Waals surface area contributed by atoms with Crippen LogP contribution in [0.15, 0.2) is 511 Å². The lowest BCUT2D eigenvalue weighted by Crippen LogP contribution is -1.96. The van der Waals surface area contributed by atoms with E-state index < -0.39 is 0 Å². The Labute approximate surface area is 818 Å². The number of fused-ring (bicyclic) bond motifs is 32. The van der Waals surface area contributed by atoms with Gasteiger partial charge in [-0.25, -0.2) is 0 Å². The molecule has 32 rings (SSSR count). The molecule has 0 saturated carbocycles. The third-order valence-corrected chi connectivity index (χ3v) is 29.9. The molecule has 0 spiro atoms. The SMILES string of the molecule is c1ccc(-c2cccc(-n3c4ccccc4c4cc5c6c7oc8ccc(-c9ccccc9)cc8c7ccc6n(-c6ccccc6)c5cc43)c2)cc1.c1ccc(-n2c3cc4c(cc3c3c5oc6ccccc6c5ccc32)c2ccccc2n4-c2ccc(-c3ccc4ccccc4c3)cc2)cc1.c1ccc(-n2c3cc4c(cc3c3c5oc6ccccc6c5ccc32)c2ccccc2n4-c2ccc3ccccc3c2)cc1. The van der Waals surface area contributed by atoms with Crippen LogP contribution < -0.4 is 0 Å². The molecule has 0 aliphatic carbocycles. The van der Waals surface area contributed by atoms with Crippen LogP contribution in [0.3, 0.4) is 0 Å². The standard InChI is InChI=1S/C48H30N2O.C46H28N2O.C40H24N2O/c1-4-13-31(14-5-1)33-17-12-20-36(27-33)50-42-22-11-10-21-37(42)39-29-41-45(30-44(39)50)49(35-18-8-3-9-19-35)43-25-24-38-40-28-34(32-15-6-2-7-16-32)23-26-46(40)51-48(38)47(41)43;1-2-12-33(13-3-1)48-41-25-24-37-36-15-7-9-17-44(36)49-46(37)45(41)39-27-38-35-14-6-8-16-40(35)47(42(38)28-43(39)48)34-22-20-30(21-23-34)32-19-18-29-10-4-5-11-31(29)26-32;1-2-12-27(13-3-1)41-35-21-20-31-30-15-7-9-17-38(30)43-40(31)39(35)33-23-32-29-14-6-8-16-34(29)42(36(32)24-37(33)41)28-19-18-25-10-4-5-11-26(25)22-28/h1-30H;1-28H;1-24H. The van der Waals surface area contributed by atoms with Gasteiger partial charge in [-0.3, -0.25) is 0 Å². The molecule has 0 atom stereocenters. The second-order valence-corrected chi connectivity index (χ2v) is 37.7. The van der Waals surface area contributed by atoms with Crippen molar-refractivity contribution in [1.29, 1.82) is 0 Å². The highest BCUT2D eigenvalue weighted by molar-refractivity contribution is 6.31. The molecular weight excluding hydrogens is 1740 g/mol. The number of benzene rings is 23. The van der Waals surface area contributed by atoms with Gasteiger partial charge in [-0.05, 0) is 249 Å². The molecule has 0 bridgehead atoms. The zero-order valence-corrected chi connectivity index (χ0v) is 77.3. The van der Waals surface area contributed by atoms with E-state index in [1.54, 1.807) is 0 Å². The number of furan rings is 3. The summed E-state index contributed by atoms with van der Waals surface area (Å²) in [4.78, 5) is 0. The van der Waals surface area contributed by atoms with Gasteiger partial charge in [0, 0.05) is 115 Å². The van der Waals surface area contributed by atoms with Gasteiger partial charge in [-0.1, -0.05) is 303 Å². The second-order valence-electron chi connectivity index (χ2n) is 37.7. The van der Waals surface area contributed by atoms with Crippen LogP contribution in [0.1, 0.15) is 0 Å². The first-order valence-corrected chi connectivity index (χ1v) is 48.9. The van der Waals surface area contributed by atoms with Crippen molar-refractivity contribution in [3.8, 4) is 67.5 Å². The molecule has 0 unspecified atom stereocenters. The summed E-state index contributed by atoms with van der Waals surface area (Å²) in [6.45, 7) is 0. The van der Waals surface area contributed by atoms with E-state index in [4.69, 9.17) is 13.3 Å². The van der Waals surface area contributed by atoms with E-state index in [1.807, 2.05) is 12.1 Å². The minimum Gasteiger partial charge on any atom is -0.455 e. The Morgan fingerprint density at radius 1 is 0.119 bits per heavy atom. The fourth-order valence-electron chi connectivity index (χ4n) is 23.4. The Hall–Kier alpha value is -19.2. The molecule has 0 saturated heterocycles. The molecule has 0 aliphatic heterocycles. The summed E-state index contributed by atoms with van der Waals surface area (Å²) in [5.41, 5.74) is 33.5. The average Bonchev–Trinajstić information content (AvgIpc) is 1.55. The fraction of sp³-hybridized carbons (Fsp3) is 0. The number of hydrogen-bond acceptors (Lipinski definition) is 3. The van der Waals surface area contributed by atoms with Gasteiger partial charge in [0.25, 0.3) is 0 Å². The van der Waals surface area contributed by atoms with E-state index >= 15 is 0 Å². The highest BCUT2D eigenvalue weighted by atomic mass is 16.3. The summed E-state index contributed by atoms with van der Waals surface area (Å²) in [5, 5.41) is 26.2. The quantitative estimate of drug-likeness (QED) is 0.145. The van der Waals surface area contributed by atoms with E-state index in [0.717, 1.165) is 149 Å². The van der Waals surface area contributed by atoms with Gasteiger partial charge >= 0.3 is 0 Å². The molecule has 143 heavy (non-hydrogen) atoms. The van der Waals surface area contributed by atoms with Crippen molar-refractivity contribution in [2.75, 3.05) is 0 Å². The van der Waals surface area contributed by atoms with Gasteiger partial charge in [-0.2, -0.15) is 0 Å². The van der Waals surface area contributed by atoms with Crippen LogP contribution in [0.25, 0.3) is 286 Å². The normalized spacial score (nSPS) is 12.1. The Balaban J connectivity index is 0.000000100. The molecule has 666 valence electrons. The van der Waals surface area contributed by atoms with Gasteiger partial charge in [0.2, 0.25) is 0 Å². The number of aromatic nitrogens is 6. The van der Waals surface area contributed by atoms with Crippen LogP contribution in [0, 0.1) is 0 Å². The van der Waals surface area contributed by atoms with Crippen LogP contribution in [0.2, 0.25) is 0 Å². The molecule has 32 aromatic rings. The highest BCUT2D eigenvalue weighted by Crippen LogP contribution is 2.51. The summed E-state index contributed by atoms with van der Waals surface area (Å²) in [6, 6.07) is 179. The molecule has 0 amide bonds. The third-order valence-electron chi connectivity index (χ3n) is 29.9. The molecule has 9 nitrogen and oxygen atoms in total. The molecule has 0 N–H and O–H groups in total. The third kappa shape index (κ3) is 12.4. The molecular formula is C134H82N6O3. The monoisotopic (exact) mass is 1820 g/mol. The van der Waals surface area contributed by atoms with Crippen molar-refractivity contribution in [1.82, 2.24) is 27.4 Å². The van der Waals surface area contributed by atoms with Gasteiger partial charge < -0.3 is 40.7 Å². The fourth-order valence-corrected chi connectivity index (χ4v) is 23.4. The predicted octanol–water partition coefficient (Wildman–Crippen LogP) is 36.6. The average molecular weight is 1820 g/mol. The van der Waals surface area contributed by atoms with Crippen molar-refractivity contribution in [2.24, 2.45) is 0 Å². The summed E-state index contributed by atoms with van der Waals surface area (Å²) in [5.74, 6) is 0. The predicted molar refractivity (Wildman–Crippen MR) is 599 cm³/mol. The first-order chi connectivity index (χ1) is 70.9. The maximum atomic E-state index is 6.82. The Morgan fingerprint density at radius 3 is 0.860 bits per heavy atom. The highest BCUT2D eigenvalue weighted by Gasteiger charge is 2.28. The van der Waals surface area contributed by atoms with Crippen LogP contribution >= 0.6 is 0 Å². The molecule has 9 aromatic heterocycles. The largest absolute Gasteiger partial charge is 0.455 e. The first kappa shape index (κ1) is 79.9. The number of hydrogen-bond donors (Lipinski definition) is 0. The van der Waals surface area contributed by atoms with Crippen LogP contribution in [-0.2, 0) is 0 Å².